The molecule has 7 heteroatoms. The summed E-state index contributed by atoms with van der Waals surface area (Å²) in [5.41, 5.74) is 2.15. The summed E-state index contributed by atoms with van der Waals surface area (Å²) in [5, 5.41) is 5.01. The smallest absolute Gasteiger partial charge is 0.355 e. The predicted molar refractivity (Wildman–Crippen MR) is 96.5 cm³/mol. The highest BCUT2D eigenvalue weighted by molar-refractivity contribution is 7.14. The van der Waals surface area contributed by atoms with E-state index in [-0.39, 0.29) is 0 Å². The van der Waals surface area contributed by atoms with Crippen LogP contribution in [0.3, 0.4) is 0 Å². The highest BCUT2D eigenvalue weighted by atomic mass is 32.1. The van der Waals surface area contributed by atoms with E-state index in [9.17, 15) is 9.59 Å². The lowest BCUT2D eigenvalue weighted by Crippen LogP contribution is -2.30. The number of hydrogen-bond donors (Lipinski definition) is 1. The molecule has 2 heterocycles. The van der Waals surface area contributed by atoms with E-state index in [0.29, 0.717) is 10.8 Å². The van der Waals surface area contributed by atoms with Gasteiger partial charge in [0.25, 0.3) is 5.91 Å². The van der Waals surface area contributed by atoms with E-state index in [4.69, 9.17) is 4.74 Å². The molecule has 1 amide bonds. The Balaban J connectivity index is 1.61. The molecule has 2 aromatic heterocycles. The number of hydrogen-bond acceptors (Lipinski definition) is 5. The quantitative estimate of drug-likeness (QED) is 0.713. The van der Waals surface area contributed by atoms with Gasteiger partial charge in [0.2, 0.25) is 0 Å². The number of thiazole rings is 1. The van der Waals surface area contributed by atoms with Crippen LogP contribution in [0.5, 0.6) is 0 Å². The average Bonchev–Trinajstić information content (AvgIpc) is 3.24. The molecule has 1 unspecified atom stereocenters. The molecule has 0 aliphatic rings. The number of anilines is 1. The van der Waals surface area contributed by atoms with E-state index in [1.165, 1.54) is 18.3 Å². The predicted octanol–water partition coefficient (Wildman–Crippen LogP) is 3.33. The fourth-order valence-electron chi connectivity index (χ4n) is 2.23. The van der Waals surface area contributed by atoms with Gasteiger partial charge in [-0.25, -0.2) is 9.78 Å². The Kier molecular flexibility index (Phi) is 4.95. The van der Waals surface area contributed by atoms with Gasteiger partial charge in [0.1, 0.15) is 5.69 Å². The first-order valence-electron chi connectivity index (χ1n) is 7.68. The van der Waals surface area contributed by atoms with Crippen molar-refractivity contribution in [1.29, 1.82) is 0 Å². The van der Waals surface area contributed by atoms with E-state index in [1.807, 2.05) is 35.7 Å². The topological polar surface area (TPSA) is 73.2 Å². The van der Waals surface area contributed by atoms with Gasteiger partial charge in [-0.2, -0.15) is 0 Å². The number of ether oxygens (including phenoxy) is 1. The van der Waals surface area contributed by atoms with Crippen molar-refractivity contribution in [3.8, 4) is 11.3 Å². The summed E-state index contributed by atoms with van der Waals surface area (Å²) in [6, 6.07) is 13.1. The van der Waals surface area contributed by atoms with Crippen LogP contribution in [-0.4, -0.2) is 27.5 Å². The molecule has 0 aliphatic carbocycles. The number of aromatic nitrogens is 2. The molecule has 1 N–H and O–H groups in total. The molecule has 0 radical (unpaired) electrons. The molecule has 0 bridgehead atoms. The van der Waals surface area contributed by atoms with Gasteiger partial charge in [-0.1, -0.05) is 30.3 Å². The van der Waals surface area contributed by atoms with Crippen molar-refractivity contribution in [2.24, 2.45) is 7.05 Å². The second-order valence-corrected chi connectivity index (χ2v) is 6.30. The maximum absolute atomic E-state index is 12.2. The summed E-state index contributed by atoms with van der Waals surface area (Å²) >= 11 is 1.32. The number of carbonyl (C=O) groups excluding carboxylic acids is 2. The first-order valence-corrected chi connectivity index (χ1v) is 8.56. The third kappa shape index (κ3) is 3.95. The van der Waals surface area contributed by atoms with Crippen molar-refractivity contribution in [2.75, 3.05) is 5.32 Å². The minimum atomic E-state index is -0.925. The van der Waals surface area contributed by atoms with Gasteiger partial charge in [-0.3, -0.25) is 10.1 Å². The molecule has 0 spiro atoms. The van der Waals surface area contributed by atoms with Crippen molar-refractivity contribution >= 4 is 28.3 Å². The lowest BCUT2D eigenvalue weighted by atomic mass is 10.2. The van der Waals surface area contributed by atoms with Crippen molar-refractivity contribution in [2.45, 2.75) is 13.0 Å². The number of aryl methyl sites for hydroxylation is 1. The van der Waals surface area contributed by atoms with Crippen LogP contribution >= 0.6 is 11.3 Å². The summed E-state index contributed by atoms with van der Waals surface area (Å²) < 4.78 is 6.84. The molecule has 6 nitrogen and oxygen atoms in total. The highest BCUT2D eigenvalue weighted by Crippen LogP contribution is 2.24. The molecule has 25 heavy (non-hydrogen) atoms. The SMILES string of the molecule is CC(OC(=O)c1cccn1C)C(=O)Nc1nc(-c2ccccc2)cs1. The van der Waals surface area contributed by atoms with Crippen molar-refractivity contribution in [1.82, 2.24) is 9.55 Å². The second kappa shape index (κ2) is 7.31. The zero-order valence-electron chi connectivity index (χ0n) is 13.8. The fraction of sp³-hybridized carbons (Fsp3) is 0.167. The Morgan fingerprint density at radius 3 is 2.64 bits per heavy atom. The molecule has 3 aromatic rings. The van der Waals surface area contributed by atoms with E-state index >= 15 is 0 Å². The minimum Gasteiger partial charge on any atom is -0.448 e. The van der Waals surface area contributed by atoms with Crippen LogP contribution in [0.4, 0.5) is 5.13 Å². The summed E-state index contributed by atoms with van der Waals surface area (Å²) in [5.74, 6) is -0.962. The van der Waals surface area contributed by atoms with E-state index in [1.54, 1.807) is 29.9 Å². The number of amides is 1. The molecule has 0 aliphatic heterocycles. The van der Waals surface area contributed by atoms with Crippen LogP contribution in [0.2, 0.25) is 0 Å². The minimum absolute atomic E-state index is 0.389. The first-order chi connectivity index (χ1) is 12.0. The Bertz CT molecular complexity index is 886. The van der Waals surface area contributed by atoms with Crippen LogP contribution in [0, 0.1) is 0 Å². The van der Waals surface area contributed by atoms with Crippen molar-refractivity contribution in [3.05, 3.63) is 59.7 Å². The maximum atomic E-state index is 12.2. The van der Waals surface area contributed by atoms with E-state index < -0.39 is 18.0 Å². The average molecular weight is 355 g/mol. The standard InChI is InChI=1S/C18H17N3O3S/c1-12(24-17(23)15-9-6-10-21(15)2)16(22)20-18-19-14(11-25-18)13-7-4-3-5-8-13/h3-12H,1-2H3,(H,19,20,22). The number of rotatable bonds is 5. The van der Waals surface area contributed by atoms with Crippen LogP contribution in [0.25, 0.3) is 11.3 Å². The Labute approximate surface area is 149 Å². The molecule has 3 rings (SSSR count). The lowest BCUT2D eigenvalue weighted by molar-refractivity contribution is -0.123. The fourth-order valence-corrected chi connectivity index (χ4v) is 2.95. The van der Waals surface area contributed by atoms with Gasteiger partial charge in [0.05, 0.1) is 5.69 Å². The lowest BCUT2D eigenvalue weighted by Gasteiger charge is -2.12. The summed E-state index contributed by atoms with van der Waals surface area (Å²) in [7, 11) is 1.74. The monoisotopic (exact) mass is 355 g/mol. The number of nitrogens with one attached hydrogen (secondary N) is 1. The van der Waals surface area contributed by atoms with Gasteiger partial charge in [0, 0.05) is 24.2 Å². The van der Waals surface area contributed by atoms with Gasteiger partial charge >= 0.3 is 5.97 Å². The molecule has 0 saturated carbocycles. The molecule has 1 aromatic carbocycles. The molecule has 1 atom stereocenters. The van der Waals surface area contributed by atoms with Crippen LogP contribution in [0.15, 0.2) is 54.0 Å². The maximum Gasteiger partial charge on any atom is 0.355 e. The number of carbonyl (C=O) groups is 2. The van der Waals surface area contributed by atoms with E-state index in [0.717, 1.165) is 11.3 Å². The molecule has 0 fully saturated rings. The zero-order chi connectivity index (χ0) is 17.8. The zero-order valence-corrected chi connectivity index (χ0v) is 14.6. The Hall–Kier alpha value is -2.93. The molecular weight excluding hydrogens is 338 g/mol. The number of esters is 1. The summed E-state index contributed by atoms with van der Waals surface area (Å²) in [6.07, 6.45) is 0.814. The summed E-state index contributed by atoms with van der Waals surface area (Å²) in [6.45, 7) is 1.53. The van der Waals surface area contributed by atoms with Crippen LogP contribution in [0.1, 0.15) is 17.4 Å². The van der Waals surface area contributed by atoms with Gasteiger partial charge in [0.15, 0.2) is 11.2 Å². The summed E-state index contributed by atoms with van der Waals surface area (Å²) in [4.78, 5) is 28.7. The van der Waals surface area contributed by atoms with Crippen LogP contribution in [-0.2, 0) is 16.6 Å². The Morgan fingerprint density at radius 1 is 1.20 bits per heavy atom. The normalized spacial score (nSPS) is 11.8. The van der Waals surface area contributed by atoms with Crippen molar-refractivity contribution < 1.29 is 14.3 Å². The third-order valence-electron chi connectivity index (χ3n) is 3.61. The molecule has 128 valence electrons. The second-order valence-electron chi connectivity index (χ2n) is 5.45. The number of nitrogens with zero attached hydrogens (tertiary/aromatic N) is 2. The number of benzene rings is 1. The largest absolute Gasteiger partial charge is 0.448 e. The molecule has 0 saturated heterocycles. The first kappa shape index (κ1) is 16.9. The van der Waals surface area contributed by atoms with Gasteiger partial charge in [-0.05, 0) is 19.1 Å². The third-order valence-corrected chi connectivity index (χ3v) is 4.37. The van der Waals surface area contributed by atoms with Crippen LogP contribution < -0.4 is 5.32 Å². The van der Waals surface area contributed by atoms with Gasteiger partial charge in [-0.15, -0.1) is 11.3 Å². The highest BCUT2D eigenvalue weighted by Gasteiger charge is 2.21. The van der Waals surface area contributed by atoms with Crippen molar-refractivity contribution in [3.63, 3.8) is 0 Å². The molecular formula is C18H17N3O3S. The Morgan fingerprint density at radius 2 is 1.96 bits per heavy atom. The van der Waals surface area contributed by atoms with Gasteiger partial charge < -0.3 is 9.30 Å². The van der Waals surface area contributed by atoms with E-state index in [2.05, 4.69) is 10.3 Å².